The van der Waals surface area contributed by atoms with Crippen LogP contribution in [-0.2, 0) is 9.53 Å². The van der Waals surface area contributed by atoms with Gasteiger partial charge in [0.25, 0.3) is 5.91 Å². The first kappa shape index (κ1) is 23.1. The van der Waals surface area contributed by atoms with Crippen LogP contribution in [0.25, 0.3) is 11.1 Å². The zero-order valence-corrected chi connectivity index (χ0v) is 20.2. The van der Waals surface area contributed by atoms with Crippen molar-refractivity contribution in [3.05, 3.63) is 87.9 Å². The Kier molecular flexibility index (Phi) is 6.30. The van der Waals surface area contributed by atoms with E-state index >= 15 is 0 Å². The topological polar surface area (TPSA) is 105 Å². The maximum atomic E-state index is 12.6. The summed E-state index contributed by atoms with van der Waals surface area (Å²) in [7, 11) is 0. The fourth-order valence-corrected chi connectivity index (χ4v) is 5.08. The number of rotatable bonds is 7. The van der Waals surface area contributed by atoms with Gasteiger partial charge in [-0.3, -0.25) is 14.9 Å². The first-order chi connectivity index (χ1) is 16.9. The summed E-state index contributed by atoms with van der Waals surface area (Å²) in [5.74, 6) is -1.54. The third-order valence-electron chi connectivity index (χ3n) is 6.58. The molecule has 0 spiro atoms. The van der Waals surface area contributed by atoms with Gasteiger partial charge in [0.15, 0.2) is 0 Å². The van der Waals surface area contributed by atoms with Crippen molar-refractivity contribution in [2.45, 2.75) is 12.3 Å². The maximum Gasteiger partial charge on any atom is 0.411 e. The lowest BCUT2D eigenvalue weighted by Crippen LogP contribution is -2.26. The van der Waals surface area contributed by atoms with Crippen LogP contribution in [-0.4, -0.2) is 36.2 Å². The molecular formula is C27H23BrN2O5. The fraction of sp³-hybridized carbons (Fsp3) is 0.222. The van der Waals surface area contributed by atoms with E-state index in [9.17, 15) is 14.4 Å². The number of nitrogens with one attached hydrogen (secondary N) is 2. The molecule has 3 aromatic carbocycles. The maximum absolute atomic E-state index is 12.6. The van der Waals surface area contributed by atoms with E-state index in [1.807, 2.05) is 24.3 Å². The second-order valence-corrected chi connectivity index (χ2v) is 9.65. The minimum absolute atomic E-state index is 0.0191. The summed E-state index contributed by atoms with van der Waals surface area (Å²) >= 11 is 3.40. The molecule has 3 aromatic rings. The van der Waals surface area contributed by atoms with Gasteiger partial charge in [0.2, 0.25) is 0 Å². The van der Waals surface area contributed by atoms with Crippen molar-refractivity contribution in [2.24, 2.45) is 11.8 Å². The molecule has 2 aliphatic rings. The van der Waals surface area contributed by atoms with Gasteiger partial charge in [-0.05, 0) is 68.7 Å². The molecule has 0 heterocycles. The highest BCUT2D eigenvalue weighted by Crippen LogP contribution is 2.44. The third kappa shape index (κ3) is 4.79. The van der Waals surface area contributed by atoms with Crippen molar-refractivity contribution in [3.63, 3.8) is 0 Å². The molecule has 2 atom stereocenters. The van der Waals surface area contributed by atoms with E-state index in [-0.39, 0.29) is 30.3 Å². The van der Waals surface area contributed by atoms with Crippen molar-refractivity contribution < 1.29 is 24.2 Å². The van der Waals surface area contributed by atoms with Crippen molar-refractivity contribution in [1.29, 1.82) is 0 Å². The SMILES string of the molecule is O=C(Nc1ccc(C(=O)NCC2CC2C(=O)O)cc1Br)OCC1c2ccccc2-c2ccccc21. The predicted molar refractivity (Wildman–Crippen MR) is 134 cm³/mol. The Morgan fingerprint density at radius 3 is 2.23 bits per heavy atom. The monoisotopic (exact) mass is 534 g/mol. The van der Waals surface area contributed by atoms with Gasteiger partial charge in [-0.25, -0.2) is 4.79 Å². The molecule has 178 valence electrons. The summed E-state index contributed by atoms with van der Waals surface area (Å²) in [6, 6.07) is 21.1. The van der Waals surface area contributed by atoms with E-state index in [4.69, 9.17) is 9.84 Å². The Labute approximate surface area is 210 Å². The Morgan fingerprint density at radius 2 is 1.63 bits per heavy atom. The van der Waals surface area contributed by atoms with Gasteiger partial charge < -0.3 is 15.2 Å². The summed E-state index contributed by atoms with van der Waals surface area (Å²) in [6.45, 7) is 0.531. The quantitative estimate of drug-likeness (QED) is 0.383. The number of carbonyl (C=O) groups excluding carboxylic acids is 2. The van der Waals surface area contributed by atoms with Crippen LogP contribution in [0.2, 0.25) is 0 Å². The number of fused-ring (bicyclic) bond motifs is 3. The molecule has 2 aliphatic carbocycles. The molecule has 35 heavy (non-hydrogen) atoms. The molecule has 5 rings (SSSR count). The van der Waals surface area contributed by atoms with E-state index in [1.54, 1.807) is 18.2 Å². The lowest BCUT2D eigenvalue weighted by atomic mass is 9.98. The van der Waals surface area contributed by atoms with Crippen LogP contribution in [0.4, 0.5) is 10.5 Å². The Hall–Kier alpha value is -3.65. The second kappa shape index (κ2) is 9.54. The number of carboxylic acid groups (broad SMARTS) is 1. The van der Waals surface area contributed by atoms with Crippen molar-refractivity contribution in [2.75, 3.05) is 18.5 Å². The number of halogens is 1. The average Bonchev–Trinajstić information content (AvgIpc) is 3.58. The standard InChI is InChI=1S/C27H23BrN2O5/c28-23-12-15(25(31)29-13-16-11-21(16)26(32)33)9-10-24(23)30-27(34)35-14-22-19-7-3-1-5-17(19)18-6-2-4-8-20(18)22/h1-10,12,16,21-22H,11,13-14H2,(H,29,31)(H,30,34)(H,32,33). The van der Waals surface area contributed by atoms with Crippen LogP contribution >= 0.6 is 15.9 Å². The smallest absolute Gasteiger partial charge is 0.411 e. The zero-order valence-electron chi connectivity index (χ0n) is 18.7. The minimum atomic E-state index is -0.823. The number of hydrogen-bond donors (Lipinski definition) is 3. The Bertz CT molecular complexity index is 1280. The third-order valence-corrected chi connectivity index (χ3v) is 7.23. The number of aliphatic carboxylic acids is 1. The molecule has 8 heteroatoms. The molecule has 7 nitrogen and oxygen atoms in total. The number of anilines is 1. The number of benzene rings is 3. The number of hydrogen-bond acceptors (Lipinski definition) is 4. The molecule has 1 fully saturated rings. The molecule has 0 aromatic heterocycles. The Morgan fingerprint density at radius 1 is 0.971 bits per heavy atom. The van der Waals surface area contributed by atoms with Gasteiger partial charge in [0.1, 0.15) is 6.61 Å². The highest BCUT2D eigenvalue weighted by Gasteiger charge is 2.43. The highest BCUT2D eigenvalue weighted by atomic mass is 79.9. The summed E-state index contributed by atoms with van der Waals surface area (Å²) in [5.41, 5.74) is 5.48. The second-order valence-electron chi connectivity index (χ2n) is 8.80. The van der Waals surface area contributed by atoms with Crippen LogP contribution < -0.4 is 10.6 Å². The summed E-state index contributed by atoms with van der Waals surface area (Å²) in [4.78, 5) is 35.9. The number of amides is 2. The van der Waals surface area contributed by atoms with Crippen LogP contribution in [0, 0.1) is 11.8 Å². The summed E-state index contributed by atoms with van der Waals surface area (Å²) < 4.78 is 6.12. The van der Waals surface area contributed by atoms with Gasteiger partial charge in [-0.15, -0.1) is 0 Å². The fourth-order valence-electron chi connectivity index (χ4n) is 4.60. The first-order valence-corrected chi connectivity index (χ1v) is 12.1. The van der Waals surface area contributed by atoms with E-state index in [1.165, 1.54) is 0 Å². The summed E-state index contributed by atoms with van der Waals surface area (Å²) in [6.07, 6.45) is 0.000628. The van der Waals surface area contributed by atoms with Gasteiger partial charge in [-0.2, -0.15) is 0 Å². The average molecular weight is 535 g/mol. The normalized spacial score (nSPS) is 17.7. The molecule has 1 saturated carbocycles. The van der Waals surface area contributed by atoms with Crippen LogP contribution in [0.1, 0.15) is 33.8 Å². The lowest BCUT2D eigenvalue weighted by Gasteiger charge is -2.15. The van der Waals surface area contributed by atoms with E-state index in [0.717, 1.165) is 22.3 Å². The molecule has 0 saturated heterocycles. The first-order valence-electron chi connectivity index (χ1n) is 11.3. The van der Waals surface area contributed by atoms with Gasteiger partial charge in [0, 0.05) is 22.5 Å². The zero-order chi connectivity index (χ0) is 24.5. The van der Waals surface area contributed by atoms with E-state index in [0.29, 0.717) is 28.7 Å². The van der Waals surface area contributed by atoms with Gasteiger partial charge in [-0.1, -0.05) is 48.5 Å². The van der Waals surface area contributed by atoms with E-state index in [2.05, 4.69) is 50.8 Å². The largest absolute Gasteiger partial charge is 0.481 e. The Balaban J connectivity index is 1.18. The van der Waals surface area contributed by atoms with Crippen LogP contribution in [0.5, 0.6) is 0 Å². The highest BCUT2D eigenvalue weighted by molar-refractivity contribution is 9.10. The van der Waals surface area contributed by atoms with Crippen LogP contribution in [0.3, 0.4) is 0 Å². The van der Waals surface area contributed by atoms with E-state index < -0.39 is 12.1 Å². The van der Waals surface area contributed by atoms with Gasteiger partial charge >= 0.3 is 12.1 Å². The molecule has 0 aliphatic heterocycles. The van der Waals surface area contributed by atoms with Gasteiger partial charge in [0.05, 0.1) is 11.6 Å². The molecule has 0 radical (unpaired) electrons. The molecule has 2 amide bonds. The molecule has 3 N–H and O–H groups in total. The van der Waals surface area contributed by atoms with Crippen molar-refractivity contribution in [3.8, 4) is 11.1 Å². The summed E-state index contributed by atoms with van der Waals surface area (Å²) in [5, 5.41) is 14.5. The molecule has 2 unspecified atom stereocenters. The number of carbonyl (C=O) groups is 3. The van der Waals surface area contributed by atoms with Crippen LogP contribution in [0.15, 0.2) is 71.2 Å². The number of ether oxygens (including phenoxy) is 1. The number of carboxylic acids is 1. The molecular weight excluding hydrogens is 512 g/mol. The van der Waals surface area contributed by atoms with Crippen molar-refractivity contribution >= 4 is 39.6 Å². The lowest BCUT2D eigenvalue weighted by molar-refractivity contribution is -0.138. The van der Waals surface area contributed by atoms with Crippen molar-refractivity contribution in [1.82, 2.24) is 5.32 Å². The minimum Gasteiger partial charge on any atom is -0.481 e. The molecule has 0 bridgehead atoms. The predicted octanol–water partition coefficient (Wildman–Crippen LogP) is 5.26.